The first-order chi connectivity index (χ1) is 8.16. The molecule has 2 nitrogen and oxygen atoms in total. The fourth-order valence-electron chi connectivity index (χ4n) is 2.37. The first-order valence-electron chi connectivity index (χ1n) is 6.16. The van der Waals surface area contributed by atoms with E-state index < -0.39 is 0 Å². The zero-order valence-electron chi connectivity index (χ0n) is 10.2. The average Bonchev–Trinajstić information content (AvgIpc) is 2.33. The number of carbonyl (C=O) groups excluding carboxylic acids is 1. The summed E-state index contributed by atoms with van der Waals surface area (Å²) < 4.78 is 1.02. The number of rotatable bonds is 3. The van der Waals surface area contributed by atoms with Crippen molar-refractivity contribution in [3.63, 3.8) is 0 Å². The van der Waals surface area contributed by atoms with Crippen LogP contribution in [0.4, 0.5) is 0 Å². The maximum Gasteiger partial charge on any atom is 0.164 e. The lowest BCUT2D eigenvalue weighted by Gasteiger charge is -2.31. The first kappa shape index (κ1) is 12.8. The fraction of sp³-hybridized carbons (Fsp3) is 0.500. The van der Waals surface area contributed by atoms with E-state index in [9.17, 15) is 4.79 Å². The molecule has 0 bridgehead atoms. The van der Waals surface area contributed by atoms with Crippen molar-refractivity contribution < 1.29 is 4.79 Å². The highest BCUT2D eigenvalue weighted by Crippen LogP contribution is 2.20. The molecule has 92 valence electrons. The van der Waals surface area contributed by atoms with E-state index in [0.717, 1.165) is 23.0 Å². The highest BCUT2D eigenvalue weighted by atomic mass is 79.9. The summed E-state index contributed by atoms with van der Waals surface area (Å²) in [7, 11) is 2.12. The second-order valence-corrected chi connectivity index (χ2v) is 5.68. The van der Waals surface area contributed by atoms with Gasteiger partial charge in [0.15, 0.2) is 5.78 Å². The quantitative estimate of drug-likeness (QED) is 0.796. The zero-order valence-corrected chi connectivity index (χ0v) is 11.7. The third-order valence-corrected chi connectivity index (χ3v) is 4.04. The van der Waals surface area contributed by atoms with E-state index in [1.54, 1.807) is 0 Å². The van der Waals surface area contributed by atoms with Gasteiger partial charge in [-0.05, 0) is 38.6 Å². The van der Waals surface area contributed by atoms with Crippen molar-refractivity contribution >= 4 is 21.7 Å². The number of Topliss-reactive ketones (excluding diaryl/α,β-unsaturated/α-hetero) is 1. The van der Waals surface area contributed by atoms with Gasteiger partial charge in [-0.1, -0.05) is 34.5 Å². The molecule has 0 N–H and O–H groups in total. The topological polar surface area (TPSA) is 20.3 Å². The number of benzene rings is 1. The Bertz CT molecular complexity index is 388. The van der Waals surface area contributed by atoms with Gasteiger partial charge in [0.05, 0.1) is 0 Å². The molecule has 1 saturated heterocycles. The lowest BCUT2D eigenvalue weighted by Crippen LogP contribution is -2.37. The Morgan fingerprint density at radius 2 is 2.06 bits per heavy atom. The van der Waals surface area contributed by atoms with Gasteiger partial charge in [0.1, 0.15) is 0 Å². The molecule has 1 heterocycles. The Hall–Kier alpha value is -0.670. The minimum absolute atomic E-state index is 0.260. The van der Waals surface area contributed by atoms with Gasteiger partial charge in [0.2, 0.25) is 0 Å². The third-order valence-electron chi connectivity index (χ3n) is 3.51. The van der Waals surface area contributed by atoms with Crippen LogP contribution in [0.1, 0.15) is 36.0 Å². The normalized spacial score (nSPS) is 21.4. The summed E-state index contributed by atoms with van der Waals surface area (Å²) in [6.45, 7) is 1.12. The zero-order chi connectivity index (χ0) is 12.3. The largest absolute Gasteiger partial charge is 0.303 e. The van der Waals surface area contributed by atoms with Crippen LogP contribution in [0.15, 0.2) is 28.7 Å². The molecule has 0 amide bonds. The molecule has 1 atom stereocenters. The predicted molar refractivity (Wildman–Crippen MR) is 73.4 cm³/mol. The Morgan fingerprint density at radius 1 is 1.35 bits per heavy atom. The third kappa shape index (κ3) is 3.39. The summed E-state index contributed by atoms with van der Waals surface area (Å²) in [4.78, 5) is 14.4. The number of likely N-dealkylation sites (tertiary alicyclic amines) is 1. The monoisotopic (exact) mass is 295 g/mol. The van der Waals surface area contributed by atoms with Crippen molar-refractivity contribution in [1.29, 1.82) is 0 Å². The number of hydrogen-bond donors (Lipinski definition) is 0. The first-order valence-corrected chi connectivity index (χ1v) is 6.95. The summed E-state index contributed by atoms with van der Waals surface area (Å²) >= 11 is 3.38. The maximum absolute atomic E-state index is 12.1. The Kier molecular flexibility index (Phi) is 4.35. The highest BCUT2D eigenvalue weighted by Gasteiger charge is 2.22. The van der Waals surface area contributed by atoms with Crippen LogP contribution in [0.3, 0.4) is 0 Å². The van der Waals surface area contributed by atoms with Crippen molar-refractivity contribution in [2.45, 2.75) is 31.7 Å². The molecule has 3 heteroatoms. The van der Waals surface area contributed by atoms with E-state index in [4.69, 9.17) is 0 Å². The molecular formula is C14H18BrNO. The van der Waals surface area contributed by atoms with Crippen molar-refractivity contribution in [1.82, 2.24) is 4.90 Å². The number of hydrogen-bond acceptors (Lipinski definition) is 2. The van der Waals surface area contributed by atoms with Gasteiger partial charge in [0, 0.05) is 22.5 Å². The van der Waals surface area contributed by atoms with E-state index in [0.29, 0.717) is 12.5 Å². The molecule has 0 aromatic heterocycles. The van der Waals surface area contributed by atoms with Crippen LogP contribution < -0.4 is 0 Å². The van der Waals surface area contributed by atoms with Gasteiger partial charge in [-0.25, -0.2) is 0 Å². The van der Waals surface area contributed by atoms with Crippen molar-refractivity contribution in [2.24, 2.45) is 0 Å². The van der Waals surface area contributed by atoms with Crippen molar-refractivity contribution in [3.8, 4) is 0 Å². The lowest BCUT2D eigenvalue weighted by molar-refractivity contribution is 0.0906. The molecule has 1 aliphatic rings. The van der Waals surface area contributed by atoms with E-state index >= 15 is 0 Å². The SMILES string of the molecule is CN1CCCC[C@H]1CC(=O)c1ccc(Br)cc1. The molecule has 2 rings (SSSR count). The molecule has 1 aliphatic heterocycles. The van der Waals surface area contributed by atoms with Crippen LogP contribution in [-0.2, 0) is 0 Å². The molecule has 1 aromatic carbocycles. The molecule has 1 aromatic rings. The molecule has 0 radical (unpaired) electrons. The summed E-state index contributed by atoms with van der Waals surface area (Å²) in [5.41, 5.74) is 0.826. The van der Waals surface area contributed by atoms with E-state index in [-0.39, 0.29) is 5.78 Å². The van der Waals surface area contributed by atoms with E-state index in [1.807, 2.05) is 24.3 Å². The predicted octanol–water partition coefficient (Wildman–Crippen LogP) is 3.51. The van der Waals surface area contributed by atoms with Crippen LogP contribution in [-0.4, -0.2) is 30.3 Å². The number of nitrogens with zero attached hydrogens (tertiary/aromatic N) is 1. The summed E-state index contributed by atoms with van der Waals surface area (Å²) in [5, 5.41) is 0. The molecule has 1 fully saturated rings. The number of ketones is 1. The second-order valence-electron chi connectivity index (χ2n) is 4.76. The Labute approximate surface area is 111 Å². The summed E-state index contributed by atoms with van der Waals surface area (Å²) in [6.07, 6.45) is 4.32. The van der Waals surface area contributed by atoms with Gasteiger partial charge in [-0.15, -0.1) is 0 Å². The van der Waals surface area contributed by atoms with Crippen LogP contribution >= 0.6 is 15.9 Å². The second kappa shape index (κ2) is 5.78. The molecule has 0 saturated carbocycles. The number of piperidine rings is 1. The minimum Gasteiger partial charge on any atom is -0.303 e. The Balaban J connectivity index is 1.98. The minimum atomic E-state index is 0.260. The molecule has 17 heavy (non-hydrogen) atoms. The molecule has 0 spiro atoms. The molecular weight excluding hydrogens is 278 g/mol. The molecule has 0 unspecified atom stereocenters. The van der Waals surface area contributed by atoms with Crippen LogP contribution in [0.5, 0.6) is 0 Å². The standard InChI is InChI=1S/C14H18BrNO/c1-16-9-3-2-4-13(16)10-14(17)11-5-7-12(15)8-6-11/h5-8,13H,2-4,9-10H2,1H3/t13-/m0/s1. The van der Waals surface area contributed by atoms with Crippen LogP contribution in [0.2, 0.25) is 0 Å². The fourth-order valence-corrected chi connectivity index (χ4v) is 2.63. The number of carbonyl (C=O) groups is 1. The Morgan fingerprint density at radius 3 is 2.71 bits per heavy atom. The van der Waals surface area contributed by atoms with Gasteiger partial charge in [-0.3, -0.25) is 4.79 Å². The van der Waals surface area contributed by atoms with Crippen molar-refractivity contribution in [2.75, 3.05) is 13.6 Å². The van der Waals surface area contributed by atoms with Gasteiger partial charge in [-0.2, -0.15) is 0 Å². The van der Waals surface area contributed by atoms with E-state index in [1.165, 1.54) is 12.8 Å². The number of halogens is 1. The average molecular weight is 296 g/mol. The van der Waals surface area contributed by atoms with Crippen LogP contribution in [0.25, 0.3) is 0 Å². The van der Waals surface area contributed by atoms with E-state index in [2.05, 4.69) is 27.9 Å². The van der Waals surface area contributed by atoms with Crippen molar-refractivity contribution in [3.05, 3.63) is 34.3 Å². The van der Waals surface area contributed by atoms with Crippen LogP contribution in [0, 0.1) is 0 Å². The van der Waals surface area contributed by atoms with Gasteiger partial charge < -0.3 is 4.90 Å². The molecule has 0 aliphatic carbocycles. The maximum atomic E-state index is 12.1. The summed E-state index contributed by atoms with van der Waals surface area (Å²) in [6, 6.07) is 8.08. The summed E-state index contributed by atoms with van der Waals surface area (Å²) in [5.74, 6) is 0.260. The van der Waals surface area contributed by atoms with Gasteiger partial charge >= 0.3 is 0 Å². The lowest BCUT2D eigenvalue weighted by atomic mass is 9.96. The van der Waals surface area contributed by atoms with Gasteiger partial charge in [0.25, 0.3) is 0 Å². The highest BCUT2D eigenvalue weighted by molar-refractivity contribution is 9.10. The smallest absolute Gasteiger partial charge is 0.164 e.